The predicted octanol–water partition coefficient (Wildman–Crippen LogP) is 2.31. The molecule has 7 heteroatoms. The maximum Gasteiger partial charge on any atom is 0.272 e. The third kappa shape index (κ3) is 4.25. The van der Waals surface area contributed by atoms with Crippen molar-refractivity contribution in [3.8, 4) is 5.75 Å². The Morgan fingerprint density at radius 3 is 2.89 bits per heavy atom. The van der Waals surface area contributed by atoms with E-state index in [-0.39, 0.29) is 23.6 Å². The fourth-order valence-electron chi connectivity index (χ4n) is 3.68. The molecular formula is C21H25FN4O2. The topological polar surface area (TPSA) is 57.7 Å². The van der Waals surface area contributed by atoms with Crippen molar-refractivity contribution in [2.24, 2.45) is 0 Å². The third-order valence-corrected chi connectivity index (χ3v) is 5.18. The Labute approximate surface area is 164 Å². The number of carbonyl (C=O) groups is 1. The molecule has 1 aromatic heterocycles. The third-order valence-electron chi connectivity index (χ3n) is 5.18. The Morgan fingerprint density at radius 1 is 1.11 bits per heavy atom. The van der Waals surface area contributed by atoms with Crippen LogP contribution in [0.2, 0.25) is 0 Å². The van der Waals surface area contributed by atoms with Gasteiger partial charge in [-0.2, -0.15) is 0 Å². The van der Waals surface area contributed by atoms with Crippen LogP contribution >= 0.6 is 0 Å². The minimum atomic E-state index is -0.381. The molecule has 148 valence electrons. The zero-order valence-corrected chi connectivity index (χ0v) is 15.8. The first-order chi connectivity index (χ1) is 13.7. The van der Waals surface area contributed by atoms with Gasteiger partial charge in [-0.3, -0.25) is 4.79 Å². The molecule has 0 bridgehead atoms. The van der Waals surface area contributed by atoms with Gasteiger partial charge in [-0.25, -0.2) is 9.37 Å². The first kappa shape index (κ1) is 18.7. The van der Waals surface area contributed by atoms with Crippen molar-refractivity contribution in [2.45, 2.75) is 18.9 Å². The van der Waals surface area contributed by atoms with E-state index in [1.54, 1.807) is 29.2 Å². The van der Waals surface area contributed by atoms with E-state index >= 15 is 0 Å². The van der Waals surface area contributed by atoms with Crippen molar-refractivity contribution in [3.63, 3.8) is 0 Å². The van der Waals surface area contributed by atoms with E-state index < -0.39 is 0 Å². The van der Waals surface area contributed by atoms with Crippen LogP contribution < -0.4 is 15.0 Å². The van der Waals surface area contributed by atoms with Crippen molar-refractivity contribution in [1.29, 1.82) is 0 Å². The number of hydrogen-bond donors (Lipinski definition) is 1. The molecule has 0 spiro atoms. The summed E-state index contributed by atoms with van der Waals surface area (Å²) in [5.41, 5.74) is 0.446. The molecule has 1 aromatic carbocycles. The molecule has 4 rings (SSSR count). The molecule has 2 fully saturated rings. The van der Waals surface area contributed by atoms with Gasteiger partial charge in [0.05, 0.1) is 6.54 Å². The normalized spacial score (nSPS) is 20.1. The highest BCUT2D eigenvalue weighted by atomic mass is 19.1. The van der Waals surface area contributed by atoms with Crippen LogP contribution in [0.3, 0.4) is 0 Å². The van der Waals surface area contributed by atoms with Crippen molar-refractivity contribution in [3.05, 3.63) is 54.0 Å². The number of pyridine rings is 1. The number of nitrogens with zero attached hydrogens (tertiary/aromatic N) is 3. The number of anilines is 1. The molecule has 0 aliphatic carbocycles. The number of carbonyl (C=O) groups excluding carboxylic acids is 1. The summed E-state index contributed by atoms with van der Waals surface area (Å²) < 4.78 is 19.5. The minimum Gasteiger partial charge on any atom is -0.485 e. The van der Waals surface area contributed by atoms with Crippen LogP contribution in [-0.2, 0) is 0 Å². The summed E-state index contributed by atoms with van der Waals surface area (Å²) >= 11 is 0. The first-order valence-corrected chi connectivity index (χ1v) is 9.84. The summed E-state index contributed by atoms with van der Waals surface area (Å²) in [5.74, 6) is 0.590. The molecule has 1 amide bonds. The molecule has 3 heterocycles. The molecule has 1 atom stereocenters. The zero-order chi connectivity index (χ0) is 19.3. The van der Waals surface area contributed by atoms with Gasteiger partial charge < -0.3 is 19.9 Å². The van der Waals surface area contributed by atoms with Crippen molar-refractivity contribution < 1.29 is 13.9 Å². The molecule has 28 heavy (non-hydrogen) atoms. The Hall–Kier alpha value is -2.67. The van der Waals surface area contributed by atoms with Gasteiger partial charge in [-0.1, -0.05) is 18.2 Å². The number of aromatic nitrogens is 1. The zero-order valence-electron chi connectivity index (χ0n) is 15.8. The Kier molecular flexibility index (Phi) is 5.71. The van der Waals surface area contributed by atoms with Gasteiger partial charge in [0, 0.05) is 32.6 Å². The van der Waals surface area contributed by atoms with Gasteiger partial charge in [0.25, 0.3) is 5.91 Å². The molecule has 0 saturated carbocycles. The van der Waals surface area contributed by atoms with E-state index in [4.69, 9.17) is 4.74 Å². The van der Waals surface area contributed by atoms with Crippen LogP contribution in [-0.4, -0.2) is 61.2 Å². The number of rotatable bonds is 4. The number of benzene rings is 1. The summed E-state index contributed by atoms with van der Waals surface area (Å²) in [4.78, 5) is 21.5. The highest BCUT2D eigenvalue weighted by Gasteiger charge is 2.29. The molecule has 2 aliphatic heterocycles. The quantitative estimate of drug-likeness (QED) is 0.877. The number of amides is 1. The van der Waals surface area contributed by atoms with E-state index in [0.717, 1.165) is 38.4 Å². The smallest absolute Gasteiger partial charge is 0.272 e. The van der Waals surface area contributed by atoms with Crippen molar-refractivity contribution in [1.82, 2.24) is 15.2 Å². The largest absolute Gasteiger partial charge is 0.485 e. The molecule has 1 N–H and O–H groups in total. The summed E-state index contributed by atoms with van der Waals surface area (Å²) in [5, 5.41) is 3.37. The molecule has 0 unspecified atom stereocenters. The fourth-order valence-corrected chi connectivity index (χ4v) is 3.68. The second-order valence-corrected chi connectivity index (χ2v) is 7.18. The van der Waals surface area contributed by atoms with E-state index in [1.807, 2.05) is 12.1 Å². The summed E-state index contributed by atoms with van der Waals surface area (Å²) in [6, 6.07) is 12.0. The van der Waals surface area contributed by atoms with Crippen LogP contribution in [0, 0.1) is 5.82 Å². The van der Waals surface area contributed by atoms with Gasteiger partial charge in [0.2, 0.25) is 0 Å². The van der Waals surface area contributed by atoms with E-state index in [2.05, 4.69) is 15.2 Å². The van der Waals surface area contributed by atoms with Gasteiger partial charge in [-0.05, 0) is 37.2 Å². The number of para-hydroxylation sites is 1. The van der Waals surface area contributed by atoms with Crippen LogP contribution in [0.15, 0.2) is 42.5 Å². The van der Waals surface area contributed by atoms with Crippen molar-refractivity contribution in [2.75, 3.05) is 44.2 Å². The summed E-state index contributed by atoms with van der Waals surface area (Å²) in [6.07, 6.45) is 1.53. The Morgan fingerprint density at radius 2 is 2.00 bits per heavy atom. The molecule has 2 saturated heterocycles. The van der Waals surface area contributed by atoms with Crippen molar-refractivity contribution >= 4 is 11.7 Å². The van der Waals surface area contributed by atoms with Crippen LogP contribution in [0.4, 0.5) is 10.2 Å². The number of ether oxygens (including phenoxy) is 1. The SMILES string of the molecule is O=C(c1cccc(N2CCCNCC2)n1)N1CC[C@H](Oc2ccccc2F)C1. The molecule has 2 aliphatic rings. The lowest BCUT2D eigenvalue weighted by atomic mass is 10.3. The average molecular weight is 384 g/mol. The number of hydrogen-bond acceptors (Lipinski definition) is 5. The van der Waals surface area contributed by atoms with E-state index in [9.17, 15) is 9.18 Å². The maximum absolute atomic E-state index is 13.8. The summed E-state index contributed by atoms with van der Waals surface area (Å²) in [6.45, 7) is 4.75. The van der Waals surface area contributed by atoms with Gasteiger partial charge in [0.15, 0.2) is 11.6 Å². The second kappa shape index (κ2) is 8.56. The number of likely N-dealkylation sites (tertiary alicyclic amines) is 1. The lowest BCUT2D eigenvalue weighted by molar-refractivity contribution is 0.0766. The van der Waals surface area contributed by atoms with Crippen LogP contribution in [0.1, 0.15) is 23.3 Å². The van der Waals surface area contributed by atoms with E-state index in [1.165, 1.54) is 6.07 Å². The highest BCUT2D eigenvalue weighted by Crippen LogP contribution is 2.22. The fraction of sp³-hybridized carbons (Fsp3) is 0.429. The summed E-state index contributed by atoms with van der Waals surface area (Å²) in [7, 11) is 0. The average Bonchev–Trinajstić information content (AvgIpc) is 3.01. The first-order valence-electron chi connectivity index (χ1n) is 9.84. The predicted molar refractivity (Wildman–Crippen MR) is 105 cm³/mol. The molecule has 6 nitrogen and oxygen atoms in total. The monoisotopic (exact) mass is 384 g/mol. The van der Waals surface area contributed by atoms with Gasteiger partial charge >= 0.3 is 0 Å². The highest BCUT2D eigenvalue weighted by molar-refractivity contribution is 5.93. The second-order valence-electron chi connectivity index (χ2n) is 7.18. The van der Waals surface area contributed by atoms with Crippen LogP contribution in [0.25, 0.3) is 0 Å². The lowest BCUT2D eigenvalue weighted by Crippen LogP contribution is -2.33. The van der Waals surface area contributed by atoms with Crippen LogP contribution in [0.5, 0.6) is 5.75 Å². The number of nitrogens with one attached hydrogen (secondary N) is 1. The van der Waals surface area contributed by atoms with E-state index in [0.29, 0.717) is 25.2 Å². The number of halogens is 1. The van der Waals surface area contributed by atoms with Gasteiger partial charge in [0.1, 0.15) is 17.6 Å². The standard InChI is InChI=1S/C21H25FN4O2/c22-17-5-1-2-7-19(17)28-16-9-13-26(15-16)21(27)18-6-3-8-20(24-18)25-12-4-10-23-11-14-25/h1-3,5-8,16,23H,4,9-15H2/t16-/m0/s1. The Balaban J connectivity index is 1.41. The maximum atomic E-state index is 13.8. The van der Waals surface area contributed by atoms with Gasteiger partial charge in [-0.15, -0.1) is 0 Å². The minimum absolute atomic E-state index is 0.102. The molecular weight excluding hydrogens is 359 g/mol. The molecule has 2 aromatic rings. The molecule has 0 radical (unpaired) electrons. The lowest BCUT2D eigenvalue weighted by Gasteiger charge is -2.22. The Bertz CT molecular complexity index is 824.